The summed E-state index contributed by atoms with van der Waals surface area (Å²) in [6, 6.07) is 13.7. The zero-order valence-corrected chi connectivity index (χ0v) is 24.2. The summed E-state index contributed by atoms with van der Waals surface area (Å²) < 4.78 is 18.3. The van der Waals surface area contributed by atoms with Crippen molar-refractivity contribution in [3.05, 3.63) is 92.5 Å². The Morgan fingerprint density at radius 3 is 2.74 bits per heavy atom. The summed E-state index contributed by atoms with van der Waals surface area (Å²) in [5.74, 6) is -1.56. The lowest BCUT2D eigenvalue weighted by Crippen LogP contribution is -2.53. The molecule has 214 valence electrons. The van der Waals surface area contributed by atoms with Gasteiger partial charge >= 0.3 is 5.97 Å². The number of anilines is 1. The molecule has 8 rings (SSSR count). The van der Waals surface area contributed by atoms with Crippen LogP contribution in [-0.4, -0.2) is 44.0 Å². The van der Waals surface area contributed by atoms with E-state index in [1.54, 1.807) is 43.3 Å². The number of benzene rings is 3. The lowest BCUT2D eigenvalue weighted by Gasteiger charge is -2.40. The Labute approximate surface area is 251 Å². The predicted octanol–water partition coefficient (Wildman–Crippen LogP) is 6.70. The molecule has 1 saturated heterocycles. The number of imidazole rings is 1. The zero-order chi connectivity index (χ0) is 29.1. The minimum atomic E-state index is -1.21. The summed E-state index contributed by atoms with van der Waals surface area (Å²) in [5, 5.41) is 13.4. The van der Waals surface area contributed by atoms with E-state index < -0.39 is 23.2 Å². The van der Waals surface area contributed by atoms with Gasteiger partial charge in [0.1, 0.15) is 17.2 Å². The van der Waals surface area contributed by atoms with E-state index in [2.05, 4.69) is 14.8 Å². The Balaban J connectivity index is 1.44. The fourth-order valence-corrected chi connectivity index (χ4v) is 8.44. The first-order chi connectivity index (χ1) is 20.2. The largest absolute Gasteiger partial charge is 0.478 e. The van der Waals surface area contributed by atoms with Crippen molar-refractivity contribution in [2.45, 2.75) is 56.1 Å². The van der Waals surface area contributed by atoms with Gasteiger partial charge in [0.2, 0.25) is 5.91 Å². The van der Waals surface area contributed by atoms with Crippen LogP contribution >= 0.6 is 23.2 Å². The molecule has 1 saturated carbocycles. The average Bonchev–Trinajstić information content (AvgIpc) is 3.53. The quantitative estimate of drug-likeness (QED) is 0.270. The summed E-state index contributed by atoms with van der Waals surface area (Å²) in [6.45, 7) is 3.12. The maximum absolute atomic E-state index is 16.2. The fraction of sp³-hybridized carbons (Fsp3) is 0.344. The highest BCUT2D eigenvalue weighted by Gasteiger charge is 2.69. The number of fused-ring (bicyclic) bond motifs is 7. The maximum Gasteiger partial charge on any atom is 0.336 e. The van der Waals surface area contributed by atoms with Gasteiger partial charge in [-0.1, -0.05) is 41.4 Å². The van der Waals surface area contributed by atoms with Crippen LogP contribution in [0.3, 0.4) is 0 Å². The van der Waals surface area contributed by atoms with Crippen LogP contribution in [0.4, 0.5) is 10.1 Å². The molecule has 42 heavy (non-hydrogen) atoms. The molecule has 4 aromatic rings. The van der Waals surface area contributed by atoms with Gasteiger partial charge in [-0.3, -0.25) is 9.69 Å². The van der Waals surface area contributed by atoms with Gasteiger partial charge in [0.25, 0.3) is 0 Å². The molecule has 7 nitrogen and oxygen atoms in total. The van der Waals surface area contributed by atoms with Crippen molar-refractivity contribution < 1.29 is 19.1 Å². The van der Waals surface area contributed by atoms with Crippen molar-refractivity contribution in [1.29, 1.82) is 0 Å². The molecule has 0 unspecified atom stereocenters. The lowest BCUT2D eigenvalue weighted by atomic mass is 9.70. The number of carboxylic acids is 1. The van der Waals surface area contributed by atoms with Crippen LogP contribution in [0, 0.1) is 18.7 Å². The molecule has 3 aliphatic heterocycles. The molecule has 1 aromatic heterocycles. The van der Waals surface area contributed by atoms with Gasteiger partial charge in [0.05, 0.1) is 21.6 Å². The van der Waals surface area contributed by atoms with Crippen molar-refractivity contribution in [3.8, 4) is 0 Å². The third kappa shape index (κ3) is 3.40. The second-order valence-electron chi connectivity index (χ2n) is 12.0. The van der Waals surface area contributed by atoms with Crippen molar-refractivity contribution in [1.82, 2.24) is 14.5 Å². The summed E-state index contributed by atoms with van der Waals surface area (Å²) >= 11 is 12.8. The Hall–Kier alpha value is -3.46. The van der Waals surface area contributed by atoms with Gasteiger partial charge in [0.15, 0.2) is 0 Å². The second kappa shape index (κ2) is 9.02. The first kappa shape index (κ1) is 26.2. The highest BCUT2D eigenvalue weighted by Crippen LogP contribution is 2.64. The van der Waals surface area contributed by atoms with E-state index in [9.17, 15) is 14.7 Å². The number of nitrogens with zero attached hydrogens (tertiary/aromatic N) is 3. The molecule has 0 radical (unpaired) electrons. The topological polar surface area (TPSA) is 87.5 Å². The third-order valence-corrected chi connectivity index (χ3v) is 10.4. The van der Waals surface area contributed by atoms with E-state index in [1.165, 1.54) is 6.07 Å². The second-order valence-corrected chi connectivity index (χ2v) is 12.9. The molecule has 10 heteroatoms. The molecule has 0 bridgehead atoms. The minimum absolute atomic E-state index is 0.000773. The number of rotatable bonds is 4. The monoisotopic (exact) mass is 604 g/mol. The number of carboxylic acid groups (broad SMARTS) is 1. The highest BCUT2D eigenvalue weighted by atomic mass is 35.5. The van der Waals surface area contributed by atoms with Crippen LogP contribution < -0.4 is 5.32 Å². The van der Waals surface area contributed by atoms with Crippen LogP contribution in [0.15, 0.2) is 48.5 Å². The normalized spacial score (nSPS) is 26.4. The predicted molar refractivity (Wildman–Crippen MR) is 158 cm³/mol. The first-order valence-electron chi connectivity index (χ1n) is 14.3. The SMILES string of the molecule is Cc1c(C(=O)O)ccc2nc3n(c12)CC[C@H]1[C@@H]3[C@H](c2cccc(Cl)c2F)[C@]2(C(=O)Nc3cc(Cl)ccc32)N1CC1CC1. The number of nitrogens with one attached hydrogen (secondary N) is 1. The Bertz CT molecular complexity index is 1850. The Morgan fingerprint density at radius 1 is 1.17 bits per heavy atom. The number of hydrogen-bond acceptors (Lipinski definition) is 4. The van der Waals surface area contributed by atoms with E-state index in [1.807, 2.05) is 6.07 Å². The number of hydrogen-bond donors (Lipinski definition) is 2. The summed E-state index contributed by atoms with van der Waals surface area (Å²) in [4.78, 5) is 33.9. The smallest absolute Gasteiger partial charge is 0.336 e. The van der Waals surface area contributed by atoms with Gasteiger partial charge in [-0.2, -0.15) is 0 Å². The van der Waals surface area contributed by atoms with Crippen molar-refractivity contribution in [3.63, 3.8) is 0 Å². The van der Waals surface area contributed by atoms with Crippen LogP contribution in [0.2, 0.25) is 10.0 Å². The van der Waals surface area contributed by atoms with Crippen LogP contribution in [0.1, 0.15) is 64.0 Å². The number of carbonyl (C=O) groups is 2. The van der Waals surface area contributed by atoms with Gasteiger partial charge in [-0.25, -0.2) is 14.2 Å². The summed E-state index contributed by atoms with van der Waals surface area (Å²) in [6.07, 6.45) is 2.87. The van der Waals surface area contributed by atoms with Crippen molar-refractivity contribution in [2.24, 2.45) is 5.92 Å². The number of halogens is 3. The van der Waals surface area contributed by atoms with Gasteiger partial charge in [0, 0.05) is 47.2 Å². The molecule has 3 aromatic carbocycles. The van der Waals surface area contributed by atoms with Crippen LogP contribution in [0.25, 0.3) is 11.0 Å². The van der Waals surface area contributed by atoms with Crippen molar-refractivity contribution >= 4 is 51.8 Å². The molecular formula is C32H27Cl2FN4O3. The zero-order valence-electron chi connectivity index (χ0n) is 22.7. The molecule has 4 atom stereocenters. The van der Waals surface area contributed by atoms with Gasteiger partial charge in [-0.05, 0) is 73.6 Å². The standard InChI is InChI=1S/C32H27Cl2FN4O3/c1-15-18(30(40)41)8-10-22-28(15)38-12-11-24-25(29(38)36-22)26(19-3-2-4-21(34)27(19)35)32(39(24)14-16-5-6-16)20-9-7-17(33)13-23(20)37-31(32)42/h2-4,7-10,13,16,24-26H,5-6,11-12,14H2,1H3,(H,37,42)(H,40,41)/t24-,25+,26-,32+/m0/s1. The molecule has 1 amide bonds. The number of carbonyl (C=O) groups excluding carboxylic acids is 1. The molecule has 2 N–H and O–H groups in total. The van der Waals surface area contributed by atoms with E-state index in [0.717, 1.165) is 29.7 Å². The van der Waals surface area contributed by atoms with Crippen LogP contribution in [-0.2, 0) is 16.9 Å². The van der Waals surface area contributed by atoms with Gasteiger partial charge < -0.3 is 15.0 Å². The van der Waals surface area contributed by atoms with E-state index in [0.29, 0.717) is 52.8 Å². The molecule has 1 spiro atoms. The molecule has 2 fully saturated rings. The summed E-state index contributed by atoms with van der Waals surface area (Å²) in [7, 11) is 0. The Morgan fingerprint density at radius 2 is 1.98 bits per heavy atom. The van der Waals surface area contributed by atoms with E-state index >= 15 is 4.39 Å². The number of aromatic nitrogens is 2. The lowest BCUT2D eigenvalue weighted by molar-refractivity contribution is -0.128. The van der Waals surface area contributed by atoms with E-state index in [4.69, 9.17) is 28.2 Å². The molecular weight excluding hydrogens is 578 g/mol. The van der Waals surface area contributed by atoms with Crippen LogP contribution in [0.5, 0.6) is 0 Å². The summed E-state index contributed by atoms with van der Waals surface area (Å²) in [5.41, 5.74) is 2.91. The number of amides is 1. The maximum atomic E-state index is 16.2. The van der Waals surface area contributed by atoms with Crippen molar-refractivity contribution in [2.75, 3.05) is 11.9 Å². The number of aromatic carboxylic acids is 1. The molecule has 4 heterocycles. The molecule has 1 aliphatic carbocycles. The third-order valence-electron chi connectivity index (χ3n) is 9.90. The number of likely N-dealkylation sites (tertiary alicyclic amines) is 1. The minimum Gasteiger partial charge on any atom is -0.478 e. The number of aryl methyl sites for hydroxylation is 2. The molecule has 4 aliphatic rings. The van der Waals surface area contributed by atoms with Gasteiger partial charge in [-0.15, -0.1) is 0 Å². The first-order valence-corrected chi connectivity index (χ1v) is 15.0. The fourth-order valence-electron chi connectivity index (χ4n) is 8.08. The van der Waals surface area contributed by atoms with E-state index in [-0.39, 0.29) is 28.5 Å². The Kier molecular flexibility index (Phi) is 5.62. The highest BCUT2D eigenvalue weighted by molar-refractivity contribution is 6.31. The average molecular weight is 605 g/mol.